The number of para-hydroxylation sites is 1. The molecule has 0 unspecified atom stereocenters. The zero-order valence-corrected chi connectivity index (χ0v) is 16.7. The maximum atomic E-state index is 12.9. The Kier molecular flexibility index (Phi) is 5.34. The van der Waals surface area contributed by atoms with Crippen LogP contribution in [0.2, 0.25) is 10.0 Å². The number of hydrogen-bond acceptors (Lipinski definition) is 2. The van der Waals surface area contributed by atoms with E-state index in [-0.39, 0.29) is 5.56 Å². The topological polar surface area (TPSA) is 39.1 Å². The highest BCUT2D eigenvalue weighted by Crippen LogP contribution is 2.27. The van der Waals surface area contributed by atoms with Crippen molar-refractivity contribution in [1.29, 1.82) is 0 Å². The molecule has 4 rings (SSSR count). The molecule has 0 N–H and O–H groups in total. The van der Waals surface area contributed by atoms with Gasteiger partial charge in [-0.3, -0.25) is 9.59 Å². The molecular weight excluding hydrogens is 405 g/mol. The molecule has 0 saturated carbocycles. The number of pyridine rings is 1. The number of benzene rings is 3. The number of aromatic nitrogens is 1. The smallest absolute Gasteiger partial charge is 0.258 e. The van der Waals surface area contributed by atoms with Crippen LogP contribution in [0.5, 0.6) is 0 Å². The Morgan fingerprint density at radius 3 is 2.21 bits per heavy atom. The third-order valence-electron chi connectivity index (χ3n) is 4.53. The lowest BCUT2D eigenvalue weighted by Crippen LogP contribution is -2.25. The summed E-state index contributed by atoms with van der Waals surface area (Å²) in [6.07, 6.45) is 2.93. The molecule has 3 aromatic carbocycles. The van der Waals surface area contributed by atoms with Crippen molar-refractivity contribution in [3.63, 3.8) is 0 Å². The van der Waals surface area contributed by atoms with Crippen molar-refractivity contribution in [3.05, 3.63) is 111 Å². The predicted molar refractivity (Wildman–Crippen MR) is 120 cm³/mol. The molecule has 0 radical (unpaired) electrons. The maximum Gasteiger partial charge on any atom is 0.258 e. The van der Waals surface area contributed by atoms with E-state index in [0.29, 0.717) is 21.1 Å². The molecule has 3 nitrogen and oxygen atoms in total. The van der Waals surface area contributed by atoms with Crippen molar-refractivity contribution in [2.45, 2.75) is 0 Å². The van der Waals surface area contributed by atoms with Crippen LogP contribution in [0.15, 0.2) is 89.7 Å². The highest BCUT2D eigenvalue weighted by Gasteiger charge is 2.13. The monoisotopic (exact) mass is 419 g/mol. The summed E-state index contributed by atoms with van der Waals surface area (Å²) in [5.74, 6) is -0.443. The fourth-order valence-electron chi connectivity index (χ4n) is 3.28. The lowest BCUT2D eigenvalue weighted by atomic mass is 10.0. The first-order valence-electron chi connectivity index (χ1n) is 8.92. The maximum absolute atomic E-state index is 12.9. The van der Waals surface area contributed by atoms with Crippen molar-refractivity contribution in [1.82, 2.24) is 4.57 Å². The van der Waals surface area contributed by atoms with Gasteiger partial charge in [-0.1, -0.05) is 71.7 Å². The van der Waals surface area contributed by atoms with Crippen LogP contribution in [0, 0.1) is 0 Å². The summed E-state index contributed by atoms with van der Waals surface area (Å²) in [5.41, 5.74) is 2.55. The Hall–Kier alpha value is -3.14. The normalized spacial score (nSPS) is 11.2. The Morgan fingerprint density at radius 2 is 1.48 bits per heavy atom. The summed E-state index contributed by atoms with van der Waals surface area (Å²) in [6, 6.07) is 23.5. The Balaban J connectivity index is 1.82. The quantitative estimate of drug-likeness (QED) is 0.364. The van der Waals surface area contributed by atoms with Crippen LogP contribution in [0.4, 0.5) is 0 Å². The minimum Gasteiger partial charge on any atom is -0.269 e. The molecule has 0 spiro atoms. The molecule has 0 amide bonds. The third-order valence-corrected chi connectivity index (χ3v) is 4.97. The summed E-state index contributed by atoms with van der Waals surface area (Å²) in [6.45, 7) is 0. The molecule has 29 heavy (non-hydrogen) atoms. The molecule has 1 heterocycles. The van der Waals surface area contributed by atoms with E-state index in [1.165, 1.54) is 16.7 Å². The van der Waals surface area contributed by atoms with Gasteiger partial charge in [0, 0.05) is 27.6 Å². The van der Waals surface area contributed by atoms with Crippen LogP contribution in [0.3, 0.4) is 0 Å². The van der Waals surface area contributed by atoms with E-state index in [1.54, 1.807) is 36.4 Å². The van der Waals surface area contributed by atoms with Crippen LogP contribution in [0.25, 0.3) is 28.1 Å². The highest BCUT2D eigenvalue weighted by atomic mass is 35.5. The van der Waals surface area contributed by atoms with Gasteiger partial charge in [0.15, 0.2) is 0 Å². The van der Waals surface area contributed by atoms with Gasteiger partial charge in [0.05, 0.1) is 5.52 Å². The SMILES string of the molecule is O=C(C=Cc1cc(Cl)cc(Cl)c1)n1c(=O)cc(-c2ccccc2)c2ccccc21. The van der Waals surface area contributed by atoms with Crippen molar-refractivity contribution >= 4 is 46.1 Å². The number of carbonyl (C=O) groups is 1. The van der Waals surface area contributed by atoms with E-state index in [1.807, 2.05) is 42.5 Å². The van der Waals surface area contributed by atoms with Crippen LogP contribution >= 0.6 is 23.2 Å². The van der Waals surface area contributed by atoms with E-state index in [2.05, 4.69) is 0 Å². The first-order chi connectivity index (χ1) is 14.0. The second kappa shape index (κ2) is 8.08. The molecule has 0 atom stereocenters. The third kappa shape index (κ3) is 4.02. The van der Waals surface area contributed by atoms with Crippen molar-refractivity contribution < 1.29 is 4.79 Å². The molecule has 142 valence electrons. The van der Waals surface area contributed by atoms with Crippen LogP contribution in [-0.4, -0.2) is 10.5 Å². The summed E-state index contributed by atoms with van der Waals surface area (Å²) in [5, 5.41) is 1.77. The van der Waals surface area contributed by atoms with Crippen molar-refractivity contribution in [2.24, 2.45) is 0 Å². The standard InChI is InChI=1S/C24H15Cl2NO2/c25-18-12-16(13-19(26)14-18)10-11-23(28)27-22-9-5-4-8-20(22)21(15-24(27)29)17-6-2-1-3-7-17/h1-15H. The van der Waals surface area contributed by atoms with Crippen LogP contribution < -0.4 is 5.56 Å². The number of halogens is 2. The number of fused-ring (bicyclic) bond motifs is 1. The summed E-state index contributed by atoms with van der Waals surface area (Å²) in [4.78, 5) is 25.7. The molecule has 0 aliphatic heterocycles. The van der Waals surface area contributed by atoms with Gasteiger partial charge >= 0.3 is 0 Å². The van der Waals surface area contributed by atoms with E-state index >= 15 is 0 Å². The minimum atomic E-state index is -0.443. The molecular formula is C24H15Cl2NO2. The zero-order chi connectivity index (χ0) is 20.4. The summed E-state index contributed by atoms with van der Waals surface area (Å²) >= 11 is 12.0. The molecule has 0 aliphatic carbocycles. The van der Waals surface area contributed by atoms with E-state index in [9.17, 15) is 9.59 Å². The number of rotatable bonds is 3. The molecule has 0 fully saturated rings. The van der Waals surface area contributed by atoms with Gasteiger partial charge in [-0.2, -0.15) is 0 Å². The first kappa shape index (κ1) is 19.2. The average Bonchev–Trinajstić information content (AvgIpc) is 2.71. The van der Waals surface area contributed by atoms with Gasteiger partial charge < -0.3 is 0 Å². The molecule has 0 bridgehead atoms. The number of allylic oxidation sites excluding steroid dienone is 1. The van der Waals surface area contributed by atoms with Crippen LogP contribution in [0.1, 0.15) is 10.4 Å². The molecule has 0 saturated heterocycles. The van der Waals surface area contributed by atoms with Crippen molar-refractivity contribution in [3.8, 4) is 11.1 Å². The molecule has 4 aromatic rings. The van der Waals surface area contributed by atoms with Gasteiger partial charge in [0.25, 0.3) is 11.5 Å². The lowest BCUT2D eigenvalue weighted by molar-refractivity contribution is 0.0971. The molecule has 1 aromatic heterocycles. The van der Waals surface area contributed by atoms with Gasteiger partial charge in [0.1, 0.15) is 0 Å². The largest absolute Gasteiger partial charge is 0.269 e. The molecule has 5 heteroatoms. The average molecular weight is 420 g/mol. The number of nitrogens with zero attached hydrogens (tertiary/aromatic N) is 1. The fraction of sp³-hybridized carbons (Fsp3) is 0. The Morgan fingerprint density at radius 1 is 0.828 bits per heavy atom. The van der Waals surface area contributed by atoms with Gasteiger partial charge in [-0.15, -0.1) is 0 Å². The first-order valence-corrected chi connectivity index (χ1v) is 9.67. The van der Waals surface area contributed by atoms with E-state index < -0.39 is 5.91 Å². The van der Waals surface area contributed by atoms with Gasteiger partial charge in [-0.05, 0) is 47.0 Å². The lowest BCUT2D eigenvalue weighted by Gasteiger charge is -2.11. The molecule has 0 aliphatic rings. The Bertz CT molecular complexity index is 1290. The fourth-order valence-corrected chi connectivity index (χ4v) is 3.82. The second-order valence-electron chi connectivity index (χ2n) is 6.49. The minimum absolute atomic E-state index is 0.388. The van der Waals surface area contributed by atoms with Gasteiger partial charge in [-0.25, -0.2) is 4.57 Å². The van der Waals surface area contributed by atoms with E-state index in [0.717, 1.165) is 16.5 Å². The number of carbonyl (C=O) groups excluding carboxylic acids is 1. The van der Waals surface area contributed by atoms with E-state index in [4.69, 9.17) is 23.2 Å². The summed E-state index contributed by atoms with van der Waals surface area (Å²) in [7, 11) is 0. The van der Waals surface area contributed by atoms with Crippen molar-refractivity contribution in [2.75, 3.05) is 0 Å². The predicted octanol–water partition coefficient (Wildman–Crippen LogP) is 6.33. The second-order valence-corrected chi connectivity index (χ2v) is 7.36. The summed E-state index contributed by atoms with van der Waals surface area (Å²) < 4.78 is 1.17. The van der Waals surface area contributed by atoms with Crippen LogP contribution in [-0.2, 0) is 0 Å². The van der Waals surface area contributed by atoms with Gasteiger partial charge in [0.2, 0.25) is 0 Å². The Labute approximate surface area is 177 Å². The number of hydrogen-bond donors (Lipinski definition) is 0. The zero-order valence-electron chi connectivity index (χ0n) is 15.2. The highest BCUT2D eigenvalue weighted by molar-refractivity contribution is 6.34.